The topological polar surface area (TPSA) is 73.2 Å². The summed E-state index contributed by atoms with van der Waals surface area (Å²) >= 11 is 0. The van der Waals surface area contributed by atoms with Gasteiger partial charge in [-0.15, -0.1) is 0 Å². The summed E-state index contributed by atoms with van der Waals surface area (Å²) in [6, 6.07) is 11.4. The highest BCUT2D eigenvalue weighted by molar-refractivity contribution is 5.43. The van der Waals surface area contributed by atoms with Crippen molar-refractivity contribution in [3.63, 3.8) is 0 Å². The number of hydrogen-bond donors (Lipinski definition) is 3. The second-order valence-corrected chi connectivity index (χ2v) is 8.93. The van der Waals surface area contributed by atoms with Crippen LogP contribution in [-0.4, -0.2) is 45.5 Å². The molecule has 2 heterocycles. The number of phenols is 1. The van der Waals surface area contributed by atoms with Gasteiger partial charge in [0.25, 0.3) is 0 Å². The Balaban J connectivity index is 1.22. The monoisotopic (exact) mass is 395 g/mol. The Morgan fingerprint density at radius 3 is 2.69 bits per heavy atom. The van der Waals surface area contributed by atoms with Crippen molar-refractivity contribution in [3.05, 3.63) is 58.7 Å². The first-order valence-electron chi connectivity index (χ1n) is 10.7. The molecule has 5 nitrogen and oxygen atoms in total. The van der Waals surface area contributed by atoms with Crippen LogP contribution >= 0.6 is 0 Å². The van der Waals surface area contributed by atoms with E-state index in [4.69, 9.17) is 4.74 Å². The van der Waals surface area contributed by atoms with E-state index in [9.17, 15) is 15.3 Å². The quantitative estimate of drug-likeness (QED) is 0.744. The lowest BCUT2D eigenvalue weighted by molar-refractivity contribution is -0.0588. The minimum atomic E-state index is -0.616. The van der Waals surface area contributed by atoms with Gasteiger partial charge in [0.2, 0.25) is 0 Å². The zero-order valence-corrected chi connectivity index (χ0v) is 16.7. The Labute approximate surface area is 171 Å². The molecule has 3 N–H and O–H groups in total. The van der Waals surface area contributed by atoms with Crippen molar-refractivity contribution in [2.75, 3.05) is 19.6 Å². The van der Waals surface area contributed by atoms with E-state index in [0.29, 0.717) is 24.3 Å². The van der Waals surface area contributed by atoms with Gasteiger partial charge in [0.05, 0.1) is 12.2 Å². The number of aliphatic hydroxyl groups is 2. The molecule has 2 aromatic rings. The van der Waals surface area contributed by atoms with Gasteiger partial charge < -0.3 is 25.0 Å². The van der Waals surface area contributed by atoms with Crippen LogP contribution < -0.4 is 4.74 Å². The number of fused-ring (bicyclic) bond motifs is 2. The molecule has 1 saturated heterocycles. The molecule has 5 heteroatoms. The number of phenolic OH excluding ortho intramolecular Hbond substituents is 1. The van der Waals surface area contributed by atoms with Gasteiger partial charge in [-0.1, -0.05) is 18.2 Å². The molecule has 1 fully saturated rings. The third-order valence-corrected chi connectivity index (χ3v) is 6.95. The van der Waals surface area contributed by atoms with Gasteiger partial charge in [-0.05, 0) is 67.0 Å². The van der Waals surface area contributed by atoms with Crippen LogP contribution in [0.1, 0.15) is 60.1 Å². The van der Waals surface area contributed by atoms with Crippen LogP contribution in [-0.2, 0) is 12.8 Å². The average Bonchev–Trinajstić information content (AvgIpc) is 3.18. The molecule has 2 aromatic carbocycles. The Hall–Kier alpha value is -2.08. The molecule has 0 bridgehead atoms. The van der Waals surface area contributed by atoms with Crippen molar-refractivity contribution in [3.8, 4) is 11.5 Å². The predicted molar refractivity (Wildman–Crippen MR) is 110 cm³/mol. The van der Waals surface area contributed by atoms with Crippen molar-refractivity contribution in [2.24, 2.45) is 0 Å². The SMILES string of the molecule is Oc1ccc2c(c1)[C@H](O)CC1(CCN(C[C@H](O)c3ccc4c(c3)CCC4)CC1)O2. The molecule has 2 atom stereocenters. The third kappa shape index (κ3) is 3.63. The van der Waals surface area contributed by atoms with E-state index >= 15 is 0 Å². The summed E-state index contributed by atoms with van der Waals surface area (Å²) in [7, 11) is 0. The fourth-order valence-electron chi connectivity index (χ4n) is 5.22. The first kappa shape index (κ1) is 18.9. The van der Waals surface area contributed by atoms with Crippen LogP contribution in [0.3, 0.4) is 0 Å². The molecule has 29 heavy (non-hydrogen) atoms. The second kappa shape index (κ2) is 7.31. The summed E-state index contributed by atoms with van der Waals surface area (Å²) in [5.41, 5.74) is 4.16. The molecule has 0 amide bonds. The first-order valence-corrected chi connectivity index (χ1v) is 10.7. The maximum Gasteiger partial charge on any atom is 0.126 e. The van der Waals surface area contributed by atoms with Crippen molar-refractivity contribution >= 4 is 0 Å². The molecule has 0 aromatic heterocycles. The lowest BCUT2D eigenvalue weighted by Crippen LogP contribution is -2.51. The average molecular weight is 395 g/mol. The molecule has 1 aliphatic carbocycles. The largest absolute Gasteiger partial charge is 0.508 e. The van der Waals surface area contributed by atoms with E-state index < -0.39 is 12.2 Å². The van der Waals surface area contributed by atoms with Crippen molar-refractivity contribution in [2.45, 2.75) is 56.3 Å². The van der Waals surface area contributed by atoms with Gasteiger partial charge in [0.1, 0.15) is 17.1 Å². The van der Waals surface area contributed by atoms with E-state index in [-0.39, 0.29) is 11.4 Å². The van der Waals surface area contributed by atoms with Gasteiger partial charge in [-0.25, -0.2) is 0 Å². The number of ether oxygens (including phenoxy) is 1. The van der Waals surface area contributed by atoms with Crippen LogP contribution in [0.4, 0.5) is 0 Å². The molecule has 5 rings (SSSR count). The highest BCUT2D eigenvalue weighted by Gasteiger charge is 2.43. The van der Waals surface area contributed by atoms with Crippen molar-refractivity contribution in [1.29, 1.82) is 0 Å². The Bertz CT molecular complexity index is 904. The summed E-state index contributed by atoms with van der Waals surface area (Å²) < 4.78 is 6.31. The third-order valence-electron chi connectivity index (χ3n) is 6.95. The first-order chi connectivity index (χ1) is 14.0. The summed E-state index contributed by atoms with van der Waals surface area (Å²) in [6.45, 7) is 2.30. The standard InChI is InChI=1S/C24H29NO4/c26-19-6-7-23-20(13-19)21(27)14-24(29-23)8-10-25(11-9-24)15-22(28)18-5-4-16-2-1-3-17(16)12-18/h4-7,12-13,21-22,26-28H,1-3,8-11,14-15H2/t21-,22+/m1/s1. The number of aliphatic hydroxyl groups excluding tert-OH is 2. The maximum absolute atomic E-state index is 10.8. The molecule has 2 aliphatic heterocycles. The Morgan fingerprint density at radius 1 is 1.07 bits per heavy atom. The molecule has 154 valence electrons. The Kier molecular flexibility index (Phi) is 4.77. The second-order valence-electron chi connectivity index (χ2n) is 8.93. The van der Waals surface area contributed by atoms with Gasteiger partial charge in [0, 0.05) is 31.6 Å². The zero-order chi connectivity index (χ0) is 20.0. The van der Waals surface area contributed by atoms with Gasteiger partial charge in [0.15, 0.2) is 0 Å². The lowest BCUT2D eigenvalue weighted by atomic mass is 9.81. The normalized spacial score (nSPS) is 24.0. The number of likely N-dealkylation sites (tertiary alicyclic amines) is 1. The lowest BCUT2D eigenvalue weighted by Gasteiger charge is -2.46. The van der Waals surface area contributed by atoms with E-state index in [0.717, 1.165) is 44.3 Å². The summed E-state index contributed by atoms with van der Waals surface area (Å²) in [5, 5.41) is 31.0. The number of aromatic hydroxyl groups is 1. The van der Waals surface area contributed by atoms with E-state index in [1.54, 1.807) is 18.2 Å². The number of piperidine rings is 1. The van der Waals surface area contributed by atoms with E-state index in [1.165, 1.54) is 17.5 Å². The molecule has 0 radical (unpaired) electrons. The predicted octanol–water partition coefficient (Wildman–Crippen LogP) is 3.27. The highest BCUT2D eigenvalue weighted by Crippen LogP contribution is 2.45. The summed E-state index contributed by atoms with van der Waals surface area (Å²) in [6.07, 6.45) is 4.60. The van der Waals surface area contributed by atoms with Crippen molar-refractivity contribution < 1.29 is 20.1 Å². The molecular formula is C24H29NO4. The molecule has 0 unspecified atom stereocenters. The Morgan fingerprint density at radius 2 is 1.86 bits per heavy atom. The van der Waals surface area contributed by atoms with Crippen LogP contribution in [0, 0.1) is 0 Å². The fraction of sp³-hybridized carbons (Fsp3) is 0.500. The number of aryl methyl sites for hydroxylation is 2. The highest BCUT2D eigenvalue weighted by atomic mass is 16.5. The van der Waals surface area contributed by atoms with Crippen LogP contribution in [0.15, 0.2) is 36.4 Å². The number of hydrogen-bond acceptors (Lipinski definition) is 5. The molecule has 0 saturated carbocycles. The van der Waals surface area contributed by atoms with Gasteiger partial charge in [-0.2, -0.15) is 0 Å². The molecule has 1 spiro atoms. The number of β-amino-alcohol motifs (C(OH)–C–C–N with tert-alkyl or cyclic N) is 1. The summed E-state index contributed by atoms with van der Waals surface area (Å²) in [4.78, 5) is 2.30. The summed E-state index contributed by atoms with van der Waals surface area (Å²) in [5.74, 6) is 0.825. The van der Waals surface area contributed by atoms with Gasteiger partial charge >= 0.3 is 0 Å². The number of benzene rings is 2. The minimum absolute atomic E-state index is 0.151. The number of rotatable bonds is 3. The zero-order valence-electron chi connectivity index (χ0n) is 16.7. The van der Waals surface area contributed by atoms with Crippen LogP contribution in [0.25, 0.3) is 0 Å². The van der Waals surface area contributed by atoms with Crippen molar-refractivity contribution in [1.82, 2.24) is 4.90 Å². The molecular weight excluding hydrogens is 366 g/mol. The van der Waals surface area contributed by atoms with E-state index in [2.05, 4.69) is 23.1 Å². The van der Waals surface area contributed by atoms with Crippen LogP contribution in [0.2, 0.25) is 0 Å². The fourth-order valence-corrected chi connectivity index (χ4v) is 5.22. The smallest absolute Gasteiger partial charge is 0.126 e. The van der Waals surface area contributed by atoms with Gasteiger partial charge in [-0.3, -0.25) is 0 Å². The van der Waals surface area contributed by atoms with E-state index in [1.807, 2.05) is 0 Å². The minimum Gasteiger partial charge on any atom is -0.508 e. The number of nitrogens with zero attached hydrogens (tertiary/aromatic N) is 1. The maximum atomic E-state index is 10.8. The molecule has 3 aliphatic rings. The van der Waals surface area contributed by atoms with Crippen LogP contribution in [0.5, 0.6) is 11.5 Å².